The number of carbonyl (C=O) groups excluding carboxylic acids is 1. The minimum absolute atomic E-state index is 0.0862. The van der Waals surface area contributed by atoms with Crippen LogP contribution in [0.1, 0.15) is 24.0 Å². The number of hydrazone groups is 1. The second-order valence-corrected chi connectivity index (χ2v) is 6.46. The number of benzene rings is 2. The van der Waals surface area contributed by atoms with Gasteiger partial charge >= 0.3 is 6.18 Å². The molecule has 5 nitrogen and oxygen atoms in total. The van der Waals surface area contributed by atoms with Crippen molar-refractivity contribution in [2.75, 3.05) is 7.11 Å². The zero-order valence-electron chi connectivity index (χ0n) is 15.1. The highest BCUT2D eigenvalue weighted by Gasteiger charge is 2.52. The minimum Gasteiger partial charge on any atom is -0.497 e. The van der Waals surface area contributed by atoms with Crippen LogP contribution in [0.2, 0.25) is 0 Å². The molecule has 1 aliphatic heterocycles. The predicted octanol–water partition coefficient (Wildman–Crippen LogP) is 3.62. The highest BCUT2D eigenvalue weighted by molar-refractivity contribution is 5.94. The number of nitrogens with zero attached hydrogens (tertiary/aromatic N) is 2. The van der Waals surface area contributed by atoms with Crippen LogP contribution in [-0.4, -0.2) is 35.0 Å². The first-order valence-electron chi connectivity index (χ1n) is 8.62. The molecular formula is C20H19F3N2O3. The van der Waals surface area contributed by atoms with E-state index in [1.807, 2.05) is 30.3 Å². The average Bonchev–Trinajstić information content (AvgIpc) is 3.06. The molecule has 8 heteroatoms. The Morgan fingerprint density at radius 2 is 1.82 bits per heavy atom. The van der Waals surface area contributed by atoms with Gasteiger partial charge in [-0.1, -0.05) is 42.5 Å². The molecule has 0 saturated carbocycles. The topological polar surface area (TPSA) is 62.1 Å². The standard InChI is InChI=1S/C20H19F3N2O3/c1-28-16-10-8-15(9-11-16)19(27)13-17(20(21,22)23)24-25(19)18(26)12-7-14-5-3-2-4-6-14/h2-6,8-11,27H,7,12-13H2,1H3/t19-/m1/s1. The summed E-state index contributed by atoms with van der Waals surface area (Å²) >= 11 is 0. The molecule has 1 N–H and O–H groups in total. The van der Waals surface area contributed by atoms with Gasteiger partial charge < -0.3 is 9.84 Å². The summed E-state index contributed by atoms with van der Waals surface area (Å²) in [5, 5.41) is 15.0. The second-order valence-electron chi connectivity index (χ2n) is 6.46. The smallest absolute Gasteiger partial charge is 0.431 e. The molecule has 1 atom stereocenters. The van der Waals surface area contributed by atoms with Gasteiger partial charge in [-0.05, 0) is 24.1 Å². The van der Waals surface area contributed by atoms with E-state index < -0.39 is 29.9 Å². The van der Waals surface area contributed by atoms with Gasteiger partial charge in [0.15, 0.2) is 5.72 Å². The van der Waals surface area contributed by atoms with Gasteiger partial charge in [-0.2, -0.15) is 23.3 Å². The normalized spacial score (nSPS) is 19.5. The van der Waals surface area contributed by atoms with Crippen LogP contribution in [0.5, 0.6) is 5.75 Å². The van der Waals surface area contributed by atoms with Crippen molar-refractivity contribution in [1.82, 2.24) is 5.01 Å². The van der Waals surface area contributed by atoms with E-state index in [9.17, 15) is 23.1 Å². The van der Waals surface area contributed by atoms with E-state index in [0.29, 0.717) is 17.2 Å². The summed E-state index contributed by atoms with van der Waals surface area (Å²) < 4.78 is 44.7. The molecule has 2 aromatic rings. The highest BCUT2D eigenvalue weighted by Crippen LogP contribution is 2.40. The number of hydrogen-bond acceptors (Lipinski definition) is 4. The van der Waals surface area contributed by atoms with Gasteiger partial charge in [0.25, 0.3) is 0 Å². The zero-order valence-corrected chi connectivity index (χ0v) is 15.1. The van der Waals surface area contributed by atoms with Crippen molar-refractivity contribution in [2.45, 2.75) is 31.2 Å². The Labute approximate surface area is 160 Å². The fourth-order valence-electron chi connectivity index (χ4n) is 3.05. The number of alkyl halides is 3. The fraction of sp³-hybridized carbons (Fsp3) is 0.300. The van der Waals surface area contributed by atoms with Gasteiger partial charge in [-0.3, -0.25) is 4.79 Å². The Morgan fingerprint density at radius 1 is 1.18 bits per heavy atom. The predicted molar refractivity (Wildman–Crippen MR) is 96.6 cm³/mol. The molecule has 0 spiro atoms. The number of hydrogen-bond donors (Lipinski definition) is 1. The average molecular weight is 392 g/mol. The van der Waals surface area contributed by atoms with Gasteiger partial charge in [-0.25, -0.2) is 0 Å². The molecule has 3 rings (SSSR count). The number of carbonyl (C=O) groups is 1. The van der Waals surface area contributed by atoms with Crippen molar-refractivity contribution in [3.63, 3.8) is 0 Å². The lowest BCUT2D eigenvalue weighted by Crippen LogP contribution is -2.43. The molecule has 0 fully saturated rings. The molecule has 28 heavy (non-hydrogen) atoms. The molecule has 0 bridgehead atoms. The van der Waals surface area contributed by atoms with E-state index in [4.69, 9.17) is 4.74 Å². The first-order chi connectivity index (χ1) is 13.2. The summed E-state index contributed by atoms with van der Waals surface area (Å²) in [6, 6.07) is 14.9. The number of methoxy groups -OCH3 is 1. The maximum absolute atomic E-state index is 13.2. The lowest BCUT2D eigenvalue weighted by Gasteiger charge is -2.31. The number of aliphatic hydroxyl groups is 1. The number of amides is 1. The Morgan fingerprint density at radius 3 is 2.39 bits per heavy atom. The quantitative estimate of drug-likeness (QED) is 0.845. The largest absolute Gasteiger partial charge is 0.497 e. The summed E-state index contributed by atoms with van der Waals surface area (Å²) in [6.07, 6.45) is -5.34. The zero-order chi connectivity index (χ0) is 20.4. The third kappa shape index (κ3) is 4.01. The molecular weight excluding hydrogens is 373 g/mol. The molecule has 0 saturated heterocycles. The first kappa shape index (κ1) is 19.9. The molecule has 0 radical (unpaired) electrons. The van der Waals surface area contributed by atoms with E-state index in [-0.39, 0.29) is 12.0 Å². The number of rotatable bonds is 5. The molecule has 0 aliphatic carbocycles. The van der Waals surface area contributed by atoms with Crippen molar-refractivity contribution >= 4 is 11.6 Å². The SMILES string of the molecule is COc1ccc([C@]2(O)CC(C(F)(F)F)=NN2C(=O)CCc2ccccc2)cc1. The highest BCUT2D eigenvalue weighted by atomic mass is 19.4. The Balaban J connectivity index is 1.88. The molecule has 0 aromatic heterocycles. The summed E-state index contributed by atoms with van der Waals surface area (Å²) in [5.74, 6) is -0.217. The van der Waals surface area contributed by atoms with Crippen molar-refractivity contribution < 1.29 is 27.8 Å². The number of aryl methyl sites for hydroxylation is 1. The van der Waals surface area contributed by atoms with E-state index >= 15 is 0 Å². The molecule has 1 heterocycles. The minimum atomic E-state index is -4.74. The third-order valence-electron chi connectivity index (χ3n) is 4.57. The van der Waals surface area contributed by atoms with Crippen LogP contribution in [0.3, 0.4) is 0 Å². The molecule has 2 aromatic carbocycles. The van der Waals surface area contributed by atoms with Crippen molar-refractivity contribution in [1.29, 1.82) is 0 Å². The summed E-state index contributed by atoms with van der Waals surface area (Å²) in [4.78, 5) is 12.7. The van der Waals surface area contributed by atoms with Gasteiger partial charge in [0, 0.05) is 12.0 Å². The summed E-state index contributed by atoms with van der Waals surface area (Å²) in [6.45, 7) is 0. The van der Waals surface area contributed by atoms with Gasteiger partial charge in [0.1, 0.15) is 11.5 Å². The van der Waals surface area contributed by atoms with Crippen LogP contribution < -0.4 is 4.74 Å². The van der Waals surface area contributed by atoms with Crippen molar-refractivity contribution in [3.8, 4) is 5.75 Å². The van der Waals surface area contributed by atoms with Gasteiger partial charge in [-0.15, -0.1) is 0 Å². The third-order valence-corrected chi connectivity index (χ3v) is 4.57. The van der Waals surface area contributed by atoms with E-state index in [0.717, 1.165) is 5.56 Å². The van der Waals surface area contributed by atoms with Crippen molar-refractivity contribution in [2.24, 2.45) is 5.10 Å². The maximum Gasteiger partial charge on any atom is 0.431 e. The fourth-order valence-corrected chi connectivity index (χ4v) is 3.05. The van der Waals surface area contributed by atoms with E-state index in [1.54, 1.807) is 0 Å². The molecule has 148 valence electrons. The lowest BCUT2D eigenvalue weighted by molar-refractivity contribution is -0.157. The van der Waals surface area contributed by atoms with Crippen LogP contribution in [0, 0.1) is 0 Å². The van der Waals surface area contributed by atoms with Crippen molar-refractivity contribution in [3.05, 3.63) is 65.7 Å². The monoisotopic (exact) mass is 392 g/mol. The Kier molecular flexibility index (Phi) is 5.42. The van der Waals surface area contributed by atoms with Gasteiger partial charge in [0.2, 0.25) is 5.91 Å². The molecule has 1 aliphatic rings. The summed E-state index contributed by atoms with van der Waals surface area (Å²) in [7, 11) is 1.45. The molecule has 1 amide bonds. The number of halogens is 3. The van der Waals surface area contributed by atoms with E-state index in [2.05, 4.69) is 5.10 Å². The van der Waals surface area contributed by atoms with Crippen LogP contribution in [-0.2, 0) is 16.9 Å². The van der Waals surface area contributed by atoms with Crippen LogP contribution >= 0.6 is 0 Å². The van der Waals surface area contributed by atoms with Gasteiger partial charge in [0.05, 0.1) is 13.5 Å². The van der Waals surface area contributed by atoms with Crippen LogP contribution in [0.4, 0.5) is 13.2 Å². The second kappa shape index (κ2) is 7.63. The first-order valence-corrected chi connectivity index (χ1v) is 8.62. The maximum atomic E-state index is 13.2. The Hall–Kier alpha value is -2.87. The van der Waals surface area contributed by atoms with Crippen LogP contribution in [0.25, 0.3) is 0 Å². The van der Waals surface area contributed by atoms with Crippen LogP contribution in [0.15, 0.2) is 59.7 Å². The summed E-state index contributed by atoms with van der Waals surface area (Å²) in [5.41, 5.74) is -2.41. The number of ether oxygens (including phenoxy) is 1. The lowest BCUT2D eigenvalue weighted by atomic mass is 9.96. The Bertz CT molecular complexity index is 867. The van der Waals surface area contributed by atoms with E-state index in [1.165, 1.54) is 31.4 Å². The molecule has 0 unspecified atom stereocenters.